The Bertz CT molecular complexity index is 214. The fourth-order valence-electron chi connectivity index (χ4n) is 3.01. The minimum absolute atomic E-state index is 0.311. The van der Waals surface area contributed by atoms with E-state index in [-0.39, 0.29) is 0 Å². The van der Waals surface area contributed by atoms with Gasteiger partial charge in [-0.1, -0.05) is 0 Å². The molecule has 0 radical (unpaired) electrons. The predicted molar refractivity (Wildman–Crippen MR) is 58.7 cm³/mol. The fraction of sp³-hybridized carbons (Fsp3) is 0.917. The second-order valence-corrected chi connectivity index (χ2v) is 4.85. The fourth-order valence-corrected chi connectivity index (χ4v) is 3.01. The zero-order chi connectivity index (χ0) is 10.7. The predicted octanol–water partition coefficient (Wildman–Crippen LogP) is 1.34. The van der Waals surface area contributed by atoms with Crippen LogP contribution in [0, 0.1) is 0 Å². The number of carbonyl (C=O) groups is 1. The van der Waals surface area contributed by atoms with E-state index in [1.165, 1.54) is 19.3 Å². The average molecular weight is 211 g/mol. The van der Waals surface area contributed by atoms with Crippen LogP contribution in [0.5, 0.6) is 0 Å². The van der Waals surface area contributed by atoms with E-state index in [1.807, 2.05) is 0 Å². The summed E-state index contributed by atoms with van der Waals surface area (Å²) in [6.45, 7) is 1.44. The molecule has 2 unspecified atom stereocenters. The third-order valence-electron chi connectivity index (χ3n) is 3.77. The Labute approximate surface area is 91.5 Å². The number of hydrogen-bond donors (Lipinski definition) is 1. The van der Waals surface area contributed by atoms with Gasteiger partial charge in [-0.25, -0.2) is 0 Å². The Kier molecular flexibility index (Phi) is 3.76. The zero-order valence-corrected chi connectivity index (χ0v) is 9.32. The molecule has 2 heterocycles. The number of Topliss-reactive ketones (excluding diaryl/α,β-unsaturated/α-hetero) is 1. The van der Waals surface area contributed by atoms with Crippen LogP contribution in [-0.4, -0.2) is 41.0 Å². The van der Waals surface area contributed by atoms with Crippen LogP contribution in [0.3, 0.4) is 0 Å². The van der Waals surface area contributed by atoms with Crippen LogP contribution in [0.15, 0.2) is 0 Å². The van der Waals surface area contributed by atoms with E-state index in [0.29, 0.717) is 24.5 Å². The highest BCUT2D eigenvalue weighted by molar-refractivity contribution is 5.80. The lowest BCUT2D eigenvalue weighted by Crippen LogP contribution is -2.43. The van der Waals surface area contributed by atoms with Gasteiger partial charge in [0.25, 0.3) is 0 Å². The van der Waals surface area contributed by atoms with Crippen LogP contribution >= 0.6 is 0 Å². The van der Waals surface area contributed by atoms with Crippen LogP contribution in [-0.2, 0) is 4.79 Å². The van der Waals surface area contributed by atoms with Crippen LogP contribution in [0.2, 0.25) is 0 Å². The van der Waals surface area contributed by atoms with Crippen molar-refractivity contribution in [1.82, 2.24) is 4.90 Å². The molecule has 0 aromatic rings. The van der Waals surface area contributed by atoms with E-state index >= 15 is 0 Å². The van der Waals surface area contributed by atoms with E-state index < -0.39 is 0 Å². The first kappa shape index (κ1) is 11.1. The summed E-state index contributed by atoms with van der Waals surface area (Å²) in [7, 11) is 0. The first-order valence-corrected chi connectivity index (χ1v) is 6.19. The number of rotatable bonds is 5. The molecule has 0 saturated carbocycles. The number of nitrogens with zero attached hydrogens (tertiary/aromatic N) is 1. The van der Waals surface area contributed by atoms with Gasteiger partial charge in [0.2, 0.25) is 0 Å². The van der Waals surface area contributed by atoms with Crippen LogP contribution in [0.25, 0.3) is 0 Å². The van der Waals surface area contributed by atoms with Gasteiger partial charge in [-0.2, -0.15) is 0 Å². The minimum atomic E-state index is 0.311. The Balaban J connectivity index is 1.76. The molecular weight excluding hydrogens is 190 g/mol. The molecule has 2 fully saturated rings. The van der Waals surface area contributed by atoms with Crippen molar-refractivity contribution in [2.45, 2.75) is 57.0 Å². The molecule has 2 aliphatic rings. The lowest BCUT2D eigenvalue weighted by atomic mass is 10.0. The highest BCUT2D eigenvalue weighted by Crippen LogP contribution is 2.33. The van der Waals surface area contributed by atoms with E-state index in [2.05, 4.69) is 4.90 Å². The molecule has 2 saturated heterocycles. The number of unbranched alkanes of at least 4 members (excludes halogenated alkanes) is 2. The number of carbonyl (C=O) groups excluding carboxylic acids is 1. The van der Waals surface area contributed by atoms with Gasteiger partial charge in [-0.05, 0) is 38.6 Å². The second-order valence-electron chi connectivity index (χ2n) is 4.85. The van der Waals surface area contributed by atoms with Gasteiger partial charge >= 0.3 is 0 Å². The normalized spacial score (nSPS) is 31.1. The van der Waals surface area contributed by atoms with Gasteiger partial charge in [0.05, 0.1) is 0 Å². The van der Waals surface area contributed by atoms with E-state index in [0.717, 1.165) is 32.2 Å². The molecule has 2 aliphatic heterocycles. The maximum absolute atomic E-state index is 11.4. The molecule has 3 nitrogen and oxygen atoms in total. The molecule has 2 rings (SSSR count). The molecule has 86 valence electrons. The van der Waals surface area contributed by atoms with Crippen molar-refractivity contribution in [3.63, 3.8) is 0 Å². The molecule has 0 amide bonds. The van der Waals surface area contributed by atoms with Gasteiger partial charge < -0.3 is 5.11 Å². The number of hydrogen-bond acceptors (Lipinski definition) is 3. The number of ketones is 1. The minimum Gasteiger partial charge on any atom is -0.396 e. The Morgan fingerprint density at radius 1 is 1.13 bits per heavy atom. The maximum atomic E-state index is 11.4. The van der Waals surface area contributed by atoms with Crippen LogP contribution in [0.4, 0.5) is 0 Å². The summed E-state index contributed by atoms with van der Waals surface area (Å²) in [5.41, 5.74) is 0. The van der Waals surface area contributed by atoms with Crippen LogP contribution in [0.1, 0.15) is 44.9 Å². The molecule has 2 atom stereocenters. The number of aliphatic hydroxyl groups excluding tert-OH is 1. The summed E-state index contributed by atoms with van der Waals surface area (Å²) in [5.74, 6) is 0.467. The standard InChI is InChI=1S/C12H21NO2/c14-7-3-1-2-6-13-10-4-5-11(13)9-12(15)8-10/h10-11,14H,1-9H2. The number of piperidine rings is 1. The van der Waals surface area contributed by atoms with Crippen molar-refractivity contribution in [3.05, 3.63) is 0 Å². The third-order valence-corrected chi connectivity index (χ3v) is 3.77. The lowest BCUT2D eigenvalue weighted by molar-refractivity contribution is -0.123. The molecule has 15 heavy (non-hydrogen) atoms. The van der Waals surface area contributed by atoms with Gasteiger partial charge in [0.1, 0.15) is 5.78 Å². The van der Waals surface area contributed by atoms with Crippen molar-refractivity contribution in [2.75, 3.05) is 13.2 Å². The van der Waals surface area contributed by atoms with E-state index in [9.17, 15) is 4.79 Å². The monoisotopic (exact) mass is 211 g/mol. The summed E-state index contributed by atoms with van der Waals surface area (Å²) in [6, 6.07) is 1.09. The van der Waals surface area contributed by atoms with Crippen molar-refractivity contribution in [3.8, 4) is 0 Å². The van der Waals surface area contributed by atoms with Crippen molar-refractivity contribution in [1.29, 1.82) is 0 Å². The van der Waals surface area contributed by atoms with Crippen molar-refractivity contribution >= 4 is 5.78 Å². The van der Waals surface area contributed by atoms with Crippen LogP contribution < -0.4 is 0 Å². The molecule has 0 spiro atoms. The highest BCUT2D eigenvalue weighted by atomic mass is 16.2. The van der Waals surface area contributed by atoms with Gasteiger partial charge in [-0.3, -0.25) is 9.69 Å². The van der Waals surface area contributed by atoms with E-state index in [1.54, 1.807) is 0 Å². The largest absolute Gasteiger partial charge is 0.396 e. The Hall–Kier alpha value is -0.410. The van der Waals surface area contributed by atoms with Crippen molar-refractivity contribution in [2.24, 2.45) is 0 Å². The SMILES string of the molecule is O=C1CC2CCC(C1)N2CCCCCO. The summed E-state index contributed by atoms with van der Waals surface area (Å²) >= 11 is 0. The molecule has 1 N–H and O–H groups in total. The highest BCUT2D eigenvalue weighted by Gasteiger charge is 2.39. The van der Waals surface area contributed by atoms with Gasteiger partial charge in [0.15, 0.2) is 0 Å². The quantitative estimate of drug-likeness (QED) is 0.698. The summed E-state index contributed by atoms with van der Waals surface area (Å²) < 4.78 is 0. The Morgan fingerprint density at radius 2 is 1.80 bits per heavy atom. The molecule has 0 aromatic heterocycles. The summed E-state index contributed by atoms with van der Waals surface area (Å²) in [5, 5.41) is 8.70. The van der Waals surface area contributed by atoms with E-state index in [4.69, 9.17) is 5.11 Å². The lowest BCUT2D eigenvalue weighted by Gasteiger charge is -2.33. The maximum Gasteiger partial charge on any atom is 0.136 e. The molecule has 3 heteroatoms. The van der Waals surface area contributed by atoms with Gasteiger partial charge in [-0.15, -0.1) is 0 Å². The van der Waals surface area contributed by atoms with Crippen molar-refractivity contribution < 1.29 is 9.90 Å². The summed E-state index contributed by atoms with van der Waals surface area (Å²) in [4.78, 5) is 13.9. The zero-order valence-electron chi connectivity index (χ0n) is 9.32. The smallest absolute Gasteiger partial charge is 0.136 e. The number of fused-ring (bicyclic) bond motifs is 2. The third kappa shape index (κ3) is 2.58. The topological polar surface area (TPSA) is 40.5 Å². The molecule has 2 bridgehead atoms. The summed E-state index contributed by atoms with van der Waals surface area (Å²) in [6.07, 6.45) is 7.21. The number of aliphatic hydroxyl groups is 1. The first-order chi connectivity index (χ1) is 7.31. The molecule has 0 aliphatic carbocycles. The van der Waals surface area contributed by atoms with Gasteiger partial charge in [0, 0.05) is 31.5 Å². The molecule has 0 aromatic carbocycles. The average Bonchev–Trinajstić information content (AvgIpc) is 2.46. The molecular formula is C12H21NO2. The Morgan fingerprint density at radius 3 is 2.40 bits per heavy atom. The first-order valence-electron chi connectivity index (χ1n) is 6.19. The second kappa shape index (κ2) is 5.08.